The number of benzene rings is 1. The fourth-order valence-electron chi connectivity index (χ4n) is 5.39. The number of nitrogens with one attached hydrogen (secondary N) is 2. The van der Waals surface area contributed by atoms with Crippen LogP contribution >= 0.6 is 11.3 Å². The Bertz CT molecular complexity index is 1410. The van der Waals surface area contributed by atoms with Gasteiger partial charge in [0, 0.05) is 46.4 Å². The lowest BCUT2D eigenvalue weighted by molar-refractivity contribution is -0.122. The molecular formula is C26H26N4O2S. The molecule has 1 aromatic carbocycles. The van der Waals surface area contributed by atoms with Crippen molar-refractivity contribution in [2.45, 2.75) is 26.3 Å². The number of nitrogens with zero attached hydrogens (tertiary/aromatic N) is 2. The fourth-order valence-corrected chi connectivity index (χ4v) is 6.16. The van der Waals surface area contributed by atoms with Crippen LogP contribution in [-0.2, 0) is 16.1 Å². The molecule has 2 amide bonds. The van der Waals surface area contributed by atoms with Crippen LogP contribution in [0.25, 0.3) is 32.3 Å². The zero-order valence-electron chi connectivity index (χ0n) is 18.6. The second kappa shape index (κ2) is 8.01. The molecule has 2 aliphatic rings. The highest BCUT2D eigenvalue weighted by atomic mass is 32.1. The minimum atomic E-state index is -0.328. The molecule has 1 fully saturated rings. The van der Waals surface area contributed by atoms with E-state index in [1.807, 2.05) is 29.8 Å². The van der Waals surface area contributed by atoms with Crippen molar-refractivity contribution in [1.82, 2.24) is 19.8 Å². The maximum Gasteiger partial charge on any atom is 0.259 e. The summed E-state index contributed by atoms with van der Waals surface area (Å²) >= 11 is 1.59. The maximum atomic E-state index is 13.1. The Morgan fingerprint density at radius 2 is 1.76 bits per heavy atom. The number of H-pyrrole nitrogens is 1. The Morgan fingerprint density at radius 1 is 1.00 bits per heavy atom. The predicted molar refractivity (Wildman–Crippen MR) is 133 cm³/mol. The van der Waals surface area contributed by atoms with Crippen molar-refractivity contribution in [2.75, 3.05) is 19.6 Å². The monoisotopic (exact) mass is 458 g/mol. The van der Waals surface area contributed by atoms with Gasteiger partial charge >= 0.3 is 0 Å². The minimum Gasteiger partial charge on any atom is -0.352 e. The second-order valence-electron chi connectivity index (χ2n) is 8.99. The van der Waals surface area contributed by atoms with Crippen molar-refractivity contribution in [3.63, 3.8) is 0 Å². The first kappa shape index (κ1) is 20.4. The van der Waals surface area contributed by atoms with Crippen LogP contribution < -0.4 is 5.32 Å². The van der Waals surface area contributed by atoms with Crippen molar-refractivity contribution in [1.29, 1.82) is 0 Å². The number of hydrogen-bond acceptors (Lipinski definition) is 4. The van der Waals surface area contributed by atoms with Gasteiger partial charge in [0.15, 0.2) is 0 Å². The third-order valence-corrected chi connectivity index (χ3v) is 8.02. The van der Waals surface area contributed by atoms with Gasteiger partial charge in [0.1, 0.15) is 4.83 Å². The van der Waals surface area contributed by atoms with Crippen molar-refractivity contribution < 1.29 is 9.59 Å². The number of amides is 2. The van der Waals surface area contributed by atoms with Gasteiger partial charge in [-0.25, -0.2) is 0 Å². The number of imide groups is 1. The Balaban J connectivity index is 1.47. The van der Waals surface area contributed by atoms with E-state index in [-0.39, 0.29) is 11.8 Å². The topological polar surface area (TPSA) is 70.1 Å². The molecule has 6 nitrogen and oxygen atoms in total. The first-order valence-electron chi connectivity index (χ1n) is 11.6. The number of aromatic amines is 1. The number of carbonyl (C=O) groups excluding carboxylic acids is 2. The molecule has 0 unspecified atom stereocenters. The lowest BCUT2D eigenvalue weighted by Crippen LogP contribution is -2.34. The molecule has 0 radical (unpaired) electrons. The predicted octanol–water partition coefficient (Wildman–Crippen LogP) is 4.48. The SMILES string of the molecule is CCN1CCC(Cn2cc(C3=C(c4c[nH]c5sccc45)C(=O)NC3=O)c3ccccc32)CC1. The summed E-state index contributed by atoms with van der Waals surface area (Å²) < 4.78 is 2.29. The minimum absolute atomic E-state index is 0.321. The smallest absolute Gasteiger partial charge is 0.259 e. The van der Waals surface area contributed by atoms with E-state index in [1.54, 1.807) is 11.3 Å². The summed E-state index contributed by atoms with van der Waals surface area (Å²) in [6.45, 7) is 6.54. The van der Waals surface area contributed by atoms with Crippen molar-refractivity contribution >= 4 is 55.4 Å². The van der Waals surface area contributed by atoms with Crippen LogP contribution in [-0.4, -0.2) is 45.9 Å². The van der Waals surface area contributed by atoms with Crippen molar-refractivity contribution in [2.24, 2.45) is 5.92 Å². The highest BCUT2D eigenvalue weighted by Crippen LogP contribution is 2.39. The summed E-state index contributed by atoms with van der Waals surface area (Å²) in [7, 11) is 0. The van der Waals surface area contributed by atoms with Crippen LogP contribution in [0, 0.1) is 5.92 Å². The van der Waals surface area contributed by atoms with E-state index in [2.05, 4.69) is 45.0 Å². The highest BCUT2D eigenvalue weighted by Gasteiger charge is 2.35. The van der Waals surface area contributed by atoms with Gasteiger partial charge in [-0.05, 0) is 55.9 Å². The van der Waals surface area contributed by atoms with E-state index >= 15 is 0 Å². The van der Waals surface area contributed by atoms with Crippen molar-refractivity contribution in [3.05, 3.63) is 59.2 Å². The molecule has 2 aliphatic heterocycles. The Kier molecular flexibility index (Phi) is 4.96. The van der Waals surface area contributed by atoms with Gasteiger partial charge in [0.05, 0.1) is 11.1 Å². The normalized spacial score (nSPS) is 18.2. The van der Waals surface area contributed by atoms with Crippen LogP contribution in [0.2, 0.25) is 0 Å². The number of carbonyl (C=O) groups is 2. The number of fused-ring (bicyclic) bond motifs is 2. The van der Waals surface area contributed by atoms with Crippen LogP contribution in [0.5, 0.6) is 0 Å². The van der Waals surface area contributed by atoms with Gasteiger partial charge in [0.25, 0.3) is 11.8 Å². The molecule has 0 bridgehead atoms. The lowest BCUT2D eigenvalue weighted by Gasteiger charge is -2.31. The van der Waals surface area contributed by atoms with Gasteiger partial charge in [-0.15, -0.1) is 11.3 Å². The van der Waals surface area contributed by atoms with Gasteiger partial charge in [0.2, 0.25) is 0 Å². The average Bonchev–Trinajstić information content (AvgIpc) is 3.58. The zero-order valence-corrected chi connectivity index (χ0v) is 19.4. The molecule has 5 heterocycles. The maximum absolute atomic E-state index is 13.1. The number of likely N-dealkylation sites (tertiary alicyclic amines) is 1. The number of para-hydroxylation sites is 1. The van der Waals surface area contributed by atoms with E-state index in [4.69, 9.17) is 0 Å². The zero-order chi connectivity index (χ0) is 22.5. The number of piperidine rings is 1. The Labute approximate surface area is 195 Å². The second-order valence-corrected chi connectivity index (χ2v) is 9.91. The average molecular weight is 459 g/mol. The van der Waals surface area contributed by atoms with E-state index in [0.717, 1.165) is 58.4 Å². The van der Waals surface area contributed by atoms with Gasteiger partial charge < -0.3 is 14.5 Å². The van der Waals surface area contributed by atoms with Crippen LogP contribution in [0.15, 0.2) is 48.1 Å². The summed E-state index contributed by atoms with van der Waals surface area (Å²) in [6, 6.07) is 10.2. The molecule has 0 aliphatic carbocycles. The van der Waals surface area contributed by atoms with Gasteiger partial charge in [-0.2, -0.15) is 0 Å². The third-order valence-electron chi connectivity index (χ3n) is 7.17. The number of rotatable bonds is 5. The summed E-state index contributed by atoms with van der Waals surface area (Å²) in [5.74, 6) is -0.0383. The van der Waals surface area contributed by atoms with Crippen LogP contribution in [0.3, 0.4) is 0 Å². The Morgan fingerprint density at radius 3 is 2.55 bits per heavy atom. The van der Waals surface area contributed by atoms with Crippen molar-refractivity contribution in [3.8, 4) is 0 Å². The molecule has 168 valence electrons. The van der Waals surface area contributed by atoms with E-state index < -0.39 is 0 Å². The summed E-state index contributed by atoms with van der Waals surface area (Å²) in [4.78, 5) is 32.8. The molecule has 0 saturated carbocycles. The first-order chi connectivity index (χ1) is 16.1. The molecule has 0 atom stereocenters. The molecule has 0 spiro atoms. The number of aromatic nitrogens is 2. The summed E-state index contributed by atoms with van der Waals surface area (Å²) in [5, 5.41) is 6.53. The van der Waals surface area contributed by atoms with Gasteiger partial charge in [-0.3, -0.25) is 14.9 Å². The molecule has 7 heteroatoms. The van der Waals surface area contributed by atoms with Gasteiger partial charge in [-0.1, -0.05) is 25.1 Å². The van der Waals surface area contributed by atoms with E-state index in [1.165, 1.54) is 12.8 Å². The molecule has 1 saturated heterocycles. The summed E-state index contributed by atoms with van der Waals surface area (Å²) in [5.41, 5.74) is 3.67. The number of hydrogen-bond donors (Lipinski definition) is 2. The lowest BCUT2D eigenvalue weighted by atomic mass is 9.96. The molecule has 2 N–H and O–H groups in total. The molecule has 4 aromatic rings. The molecule has 3 aromatic heterocycles. The largest absolute Gasteiger partial charge is 0.352 e. The van der Waals surface area contributed by atoms with E-state index in [9.17, 15) is 9.59 Å². The quantitative estimate of drug-likeness (QED) is 0.433. The molecule has 6 rings (SSSR count). The van der Waals surface area contributed by atoms with Crippen LogP contribution in [0.1, 0.15) is 30.9 Å². The molecular weight excluding hydrogens is 432 g/mol. The summed E-state index contributed by atoms with van der Waals surface area (Å²) in [6.07, 6.45) is 6.29. The highest BCUT2D eigenvalue weighted by molar-refractivity contribution is 7.16. The fraction of sp³-hybridized carbons (Fsp3) is 0.308. The third kappa shape index (κ3) is 3.34. The first-order valence-corrected chi connectivity index (χ1v) is 12.5. The van der Waals surface area contributed by atoms with Crippen LogP contribution in [0.4, 0.5) is 0 Å². The molecule has 33 heavy (non-hydrogen) atoms. The number of thiophene rings is 1. The van der Waals surface area contributed by atoms with E-state index in [0.29, 0.717) is 17.1 Å². The Hall–Kier alpha value is -3.16. The standard InChI is InChI=1S/C26H26N4O2S/c1-2-29-10-7-16(8-11-29)14-30-15-20(17-5-3-4-6-21(17)30)23-22(24(31)28-25(23)32)19-13-27-26-18(19)9-12-33-26/h3-6,9,12-13,15-16,27H,2,7-8,10-11,14H2,1H3,(H,28,31,32).